The van der Waals surface area contributed by atoms with Crippen molar-refractivity contribution in [3.05, 3.63) is 114 Å². The maximum atomic E-state index is 2.65. The molecule has 3 aromatic carbocycles. The molecule has 0 saturated carbocycles. The third-order valence-electron chi connectivity index (χ3n) is 6.56. The predicted octanol–water partition coefficient (Wildman–Crippen LogP) is 6.32. The first kappa shape index (κ1) is 22.5. The summed E-state index contributed by atoms with van der Waals surface area (Å²) in [6.45, 7) is 7.02. The molecule has 1 aliphatic rings. The molecule has 4 rings (SSSR count). The summed E-state index contributed by atoms with van der Waals surface area (Å²) >= 11 is 0. The molecular formula is C30H36N2. The van der Waals surface area contributed by atoms with Crippen molar-refractivity contribution in [2.75, 3.05) is 39.3 Å². The fraction of sp³-hybridized carbons (Fsp3) is 0.333. The van der Waals surface area contributed by atoms with Crippen molar-refractivity contribution in [2.45, 2.75) is 25.2 Å². The summed E-state index contributed by atoms with van der Waals surface area (Å²) in [4.78, 5) is 5.22. The molecule has 1 saturated heterocycles. The van der Waals surface area contributed by atoms with Crippen LogP contribution in [0.3, 0.4) is 0 Å². The van der Waals surface area contributed by atoms with E-state index in [1.54, 1.807) is 0 Å². The number of piperazine rings is 1. The van der Waals surface area contributed by atoms with Crippen LogP contribution in [-0.4, -0.2) is 49.1 Å². The van der Waals surface area contributed by atoms with E-state index in [2.05, 4.69) is 113 Å². The SMILES string of the molecule is C(=Cc1ccccc1)CN1CCN(CCCCC(c2ccccc2)c2ccccc2)CC1. The molecule has 166 valence electrons. The van der Waals surface area contributed by atoms with Crippen molar-refractivity contribution in [2.24, 2.45) is 0 Å². The molecule has 0 aromatic heterocycles. The highest BCUT2D eigenvalue weighted by atomic mass is 15.3. The third-order valence-corrected chi connectivity index (χ3v) is 6.56. The summed E-state index contributed by atoms with van der Waals surface area (Å²) in [7, 11) is 0. The minimum atomic E-state index is 0.505. The average molecular weight is 425 g/mol. The first-order chi connectivity index (χ1) is 15.9. The Morgan fingerprint density at radius 2 is 1.16 bits per heavy atom. The summed E-state index contributed by atoms with van der Waals surface area (Å²) in [6.07, 6.45) is 8.32. The molecule has 2 heteroatoms. The van der Waals surface area contributed by atoms with Crippen LogP contribution in [0.2, 0.25) is 0 Å². The van der Waals surface area contributed by atoms with Crippen LogP contribution < -0.4 is 0 Å². The Labute approximate surface area is 194 Å². The monoisotopic (exact) mass is 424 g/mol. The van der Waals surface area contributed by atoms with E-state index < -0.39 is 0 Å². The van der Waals surface area contributed by atoms with Gasteiger partial charge in [0, 0.05) is 38.6 Å². The number of unbranched alkanes of at least 4 members (excludes halogenated alkanes) is 1. The quantitative estimate of drug-likeness (QED) is 0.351. The first-order valence-corrected chi connectivity index (χ1v) is 12.1. The van der Waals surface area contributed by atoms with Gasteiger partial charge in [-0.05, 0) is 36.1 Å². The van der Waals surface area contributed by atoms with Gasteiger partial charge in [-0.2, -0.15) is 0 Å². The highest BCUT2D eigenvalue weighted by Crippen LogP contribution is 2.29. The second-order valence-electron chi connectivity index (χ2n) is 8.83. The smallest absolute Gasteiger partial charge is 0.0167 e. The largest absolute Gasteiger partial charge is 0.301 e. The fourth-order valence-electron chi connectivity index (χ4n) is 4.68. The predicted molar refractivity (Wildman–Crippen MR) is 137 cm³/mol. The summed E-state index contributed by atoms with van der Waals surface area (Å²) in [5.74, 6) is 0.505. The normalized spacial score (nSPS) is 15.5. The van der Waals surface area contributed by atoms with Gasteiger partial charge in [0.1, 0.15) is 0 Å². The van der Waals surface area contributed by atoms with Gasteiger partial charge in [0.25, 0.3) is 0 Å². The van der Waals surface area contributed by atoms with Gasteiger partial charge in [0.15, 0.2) is 0 Å². The van der Waals surface area contributed by atoms with Gasteiger partial charge in [0.2, 0.25) is 0 Å². The molecule has 0 atom stereocenters. The zero-order valence-corrected chi connectivity index (χ0v) is 19.2. The fourth-order valence-corrected chi connectivity index (χ4v) is 4.68. The maximum absolute atomic E-state index is 2.65. The maximum Gasteiger partial charge on any atom is 0.0167 e. The van der Waals surface area contributed by atoms with Gasteiger partial charge in [-0.25, -0.2) is 0 Å². The third kappa shape index (κ3) is 6.91. The van der Waals surface area contributed by atoms with Crippen LogP contribution in [0, 0.1) is 0 Å². The van der Waals surface area contributed by atoms with Crippen molar-refractivity contribution in [3.63, 3.8) is 0 Å². The van der Waals surface area contributed by atoms with Crippen molar-refractivity contribution in [3.8, 4) is 0 Å². The molecule has 2 nitrogen and oxygen atoms in total. The van der Waals surface area contributed by atoms with Crippen LogP contribution in [0.1, 0.15) is 41.9 Å². The topological polar surface area (TPSA) is 6.48 Å². The molecule has 0 unspecified atom stereocenters. The number of hydrogen-bond acceptors (Lipinski definition) is 2. The molecule has 1 aliphatic heterocycles. The van der Waals surface area contributed by atoms with Gasteiger partial charge in [-0.3, -0.25) is 4.90 Å². The Morgan fingerprint density at radius 1 is 0.625 bits per heavy atom. The molecule has 0 radical (unpaired) electrons. The Bertz CT molecular complexity index is 873. The number of benzene rings is 3. The van der Waals surface area contributed by atoms with E-state index in [0.29, 0.717) is 5.92 Å². The van der Waals surface area contributed by atoms with Gasteiger partial charge >= 0.3 is 0 Å². The first-order valence-electron chi connectivity index (χ1n) is 12.1. The van der Waals surface area contributed by atoms with Crippen molar-refractivity contribution >= 4 is 6.08 Å². The molecule has 0 spiro atoms. The molecule has 0 aliphatic carbocycles. The summed E-state index contributed by atoms with van der Waals surface area (Å²) in [5.41, 5.74) is 4.17. The van der Waals surface area contributed by atoms with Gasteiger partial charge in [-0.15, -0.1) is 0 Å². The van der Waals surface area contributed by atoms with Crippen molar-refractivity contribution in [1.29, 1.82) is 0 Å². The van der Waals surface area contributed by atoms with Gasteiger partial charge in [-0.1, -0.05) is 110 Å². The van der Waals surface area contributed by atoms with E-state index in [-0.39, 0.29) is 0 Å². The lowest BCUT2D eigenvalue weighted by Gasteiger charge is -2.34. The molecule has 32 heavy (non-hydrogen) atoms. The van der Waals surface area contributed by atoms with Gasteiger partial charge < -0.3 is 4.90 Å². The summed E-state index contributed by atoms with van der Waals surface area (Å²) < 4.78 is 0. The average Bonchev–Trinajstić information content (AvgIpc) is 2.87. The van der Waals surface area contributed by atoms with Crippen LogP contribution in [-0.2, 0) is 0 Å². The highest BCUT2D eigenvalue weighted by Gasteiger charge is 2.17. The van der Waals surface area contributed by atoms with E-state index in [0.717, 1.165) is 6.54 Å². The molecule has 0 N–H and O–H groups in total. The molecule has 3 aromatic rings. The Morgan fingerprint density at radius 3 is 1.75 bits per heavy atom. The molecule has 1 fully saturated rings. The minimum Gasteiger partial charge on any atom is -0.301 e. The Hall–Kier alpha value is -2.68. The highest BCUT2D eigenvalue weighted by molar-refractivity contribution is 5.48. The van der Waals surface area contributed by atoms with E-state index in [9.17, 15) is 0 Å². The van der Waals surface area contributed by atoms with Crippen molar-refractivity contribution in [1.82, 2.24) is 9.80 Å². The van der Waals surface area contributed by atoms with E-state index in [4.69, 9.17) is 0 Å². The van der Waals surface area contributed by atoms with E-state index in [1.807, 2.05) is 0 Å². The molecular weight excluding hydrogens is 388 g/mol. The lowest BCUT2D eigenvalue weighted by molar-refractivity contribution is 0.140. The second-order valence-corrected chi connectivity index (χ2v) is 8.83. The number of rotatable bonds is 10. The molecule has 0 amide bonds. The van der Waals surface area contributed by atoms with E-state index in [1.165, 1.54) is 68.7 Å². The summed E-state index contributed by atoms with van der Waals surface area (Å²) in [5, 5.41) is 0. The van der Waals surface area contributed by atoms with Crippen LogP contribution in [0.4, 0.5) is 0 Å². The zero-order chi connectivity index (χ0) is 21.8. The molecule has 1 heterocycles. The zero-order valence-electron chi connectivity index (χ0n) is 19.2. The van der Waals surface area contributed by atoms with Crippen molar-refractivity contribution < 1.29 is 0 Å². The standard InChI is InChI=1S/C30H36N2/c1-4-13-27(14-5-1)15-12-22-32-25-23-31(24-26-32)21-11-10-20-30(28-16-6-2-7-17-28)29-18-8-3-9-19-29/h1-9,12-19,30H,10-11,20-26H2. The van der Waals surface area contributed by atoms with Crippen LogP contribution in [0.25, 0.3) is 6.08 Å². The second kappa shape index (κ2) is 12.4. The van der Waals surface area contributed by atoms with Crippen LogP contribution >= 0.6 is 0 Å². The minimum absolute atomic E-state index is 0.505. The van der Waals surface area contributed by atoms with Gasteiger partial charge in [0.05, 0.1) is 0 Å². The summed E-state index contributed by atoms with van der Waals surface area (Å²) in [6, 6.07) is 32.6. The van der Waals surface area contributed by atoms with E-state index >= 15 is 0 Å². The Kier molecular flexibility index (Phi) is 8.71. The van der Waals surface area contributed by atoms with Crippen LogP contribution in [0.5, 0.6) is 0 Å². The Balaban J connectivity index is 1.18. The number of hydrogen-bond donors (Lipinski definition) is 0. The van der Waals surface area contributed by atoms with Crippen LogP contribution in [0.15, 0.2) is 97.1 Å². The number of nitrogens with zero attached hydrogens (tertiary/aromatic N) is 2. The molecule has 0 bridgehead atoms. The lowest BCUT2D eigenvalue weighted by Crippen LogP contribution is -2.46. The lowest BCUT2D eigenvalue weighted by atomic mass is 9.87.